The monoisotopic (exact) mass is 366 g/mol. The molecule has 1 N–H and O–H groups in total. The first-order valence-corrected chi connectivity index (χ1v) is 9.55. The second-order valence-electron chi connectivity index (χ2n) is 6.97. The van der Waals surface area contributed by atoms with Gasteiger partial charge in [0.05, 0.1) is 23.0 Å². The highest BCUT2D eigenvalue weighted by Gasteiger charge is 2.28. The highest BCUT2D eigenvalue weighted by atomic mass is 16.2. The van der Waals surface area contributed by atoms with E-state index in [1.807, 2.05) is 24.6 Å². The molecule has 142 valence electrons. The van der Waals surface area contributed by atoms with Crippen molar-refractivity contribution in [3.05, 3.63) is 46.8 Å². The molecule has 1 aromatic heterocycles. The van der Waals surface area contributed by atoms with Gasteiger partial charge in [-0.25, -0.2) is 4.99 Å². The first-order chi connectivity index (χ1) is 13.0. The Balaban J connectivity index is 1.76. The average Bonchev–Trinajstić information content (AvgIpc) is 2.93. The Morgan fingerprint density at radius 2 is 1.96 bits per heavy atom. The van der Waals surface area contributed by atoms with Gasteiger partial charge in [-0.2, -0.15) is 5.10 Å². The number of carbonyl (C=O) groups is 2. The van der Waals surface area contributed by atoms with Crippen LogP contribution in [0.5, 0.6) is 0 Å². The summed E-state index contributed by atoms with van der Waals surface area (Å²) < 4.78 is 1.97. The molecule has 1 atom stereocenters. The van der Waals surface area contributed by atoms with Gasteiger partial charge >= 0.3 is 0 Å². The van der Waals surface area contributed by atoms with E-state index in [4.69, 9.17) is 0 Å². The van der Waals surface area contributed by atoms with Gasteiger partial charge in [0.2, 0.25) is 5.91 Å². The maximum atomic E-state index is 12.9. The summed E-state index contributed by atoms with van der Waals surface area (Å²) in [6, 6.07) is 7.12. The number of hydrogen-bond donors (Lipinski definition) is 1. The van der Waals surface area contributed by atoms with Crippen molar-refractivity contribution in [2.24, 2.45) is 4.99 Å². The minimum atomic E-state index is -0.578. The molecule has 6 nitrogen and oxygen atoms in total. The zero-order chi connectivity index (χ0) is 19.4. The lowest BCUT2D eigenvalue weighted by Gasteiger charge is -2.18. The van der Waals surface area contributed by atoms with E-state index >= 15 is 0 Å². The van der Waals surface area contributed by atoms with Crippen molar-refractivity contribution in [1.82, 2.24) is 9.78 Å². The number of nitrogens with zero attached hydrogens (tertiary/aromatic N) is 3. The molecule has 0 saturated heterocycles. The molecule has 6 heteroatoms. The van der Waals surface area contributed by atoms with Crippen LogP contribution in [0.15, 0.2) is 29.3 Å². The standard InChI is InChI=1S/C21H26N4O2/c1-4-5-6-9-12-25-15(3)19(14(2)24-25)23-21(27)18-13-22-20(26)17-11-8-7-10-16(17)18/h7-8,10-11,13,18H,4-6,9,12H2,1-3H3,(H,23,27). The van der Waals surface area contributed by atoms with Crippen LogP contribution in [-0.4, -0.2) is 27.8 Å². The number of fused-ring (bicyclic) bond motifs is 1. The lowest BCUT2D eigenvalue weighted by atomic mass is 9.91. The van der Waals surface area contributed by atoms with Gasteiger partial charge in [-0.1, -0.05) is 44.4 Å². The zero-order valence-electron chi connectivity index (χ0n) is 16.2. The summed E-state index contributed by atoms with van der Waals surface area (Å²) in [4.78, 5) is 28.7. The van der Waals surface area contributed by atoms with Gasteiger partial charge in [0.15, 0.2) is 0 Å². The molecule has 2 amide bonds. The Labute approximate surface area is 159 Å². The molecule has 1 aliphatic rings. The van der Waals surface area contributed by atoms with Crippen molar-refractivity contribution >= 4 is 23.7 Å². The van der Waals surface area contributed by atoms with Gasteiger partial charge in [-0.15, -0.1) is 0 Å². The van der Waals surface area contributed by atoms with Gasteiger partial charge in [-0.3, -0.25) is 14.3 Å². The van der Waals surface area contributed by atoms with Crippen LogP contribution in [0.1, 0.15) is 65.8 Å². The summed E-state index contributed by atoms with van der Waals surface area (Å²) in [6.45, 7) is 6.92. The summed E-state index contributed by atoms with van der Waals surface area (Å²) in [6.07, 6.45) is 6.11. The molecular weight excluding hydrogens is 340 g/mol. The van der Waals surface area contributed by atoms with Crippen molar-refractivity contribution in [2.75, 3.05) is 5.32 Å². The number of benzene rings is 1. The maximum absolute atomic E-state index is 12.9. The molecule has 27 heavy (non-hydrogen) atoms. The normalized spacial score (nSPS) is 15.7. The van der Waals surface area contributed by atoms with E-state index in [9.17, 15) is 9.59 Å². The van der Waals surface area contributed by atoms with E-state index in [0.717, 1.165) is 30.0 Å². The van der Waals surface area contributed by atoms with E-state index in [0.29, 0.717) is 11.1 Å². The van der Waals surface area contributed by atoms with Crippen LogP contribution in [0, 0.1) is 13.8 Å². The molecule has 2 heterocycles. The predicted octanol–water partition coefficient (Wildman–Crippen LogP) is 4.03. The number of aryl methyl sites for hydroxylation is 2. The molecule has 0 spiro atoms. The minimum absolute atomic E-state index is 0.199. The first-order valence-electron chi connectivity index (χ1n) is 9.55. The van der Waals surface area contributed by atoms with Crippen LogP contribution >= 0.6 is 0 Å². The number of aromatic nitrogens is 2. The molecule has 0 saturated carbocycles. The molecule has 1 aliphatic heterocycles. The van der Waals surface area contributed by atoms with Crippen LogP contribution in [-0.2, 0) is 11.3 Å². The SMILES string of the molecule is CCCCCCn1nc(C)c(NC(=O)C2C=NC(=O)c3ccccc32)c1C. The zero-order valence-corrected chi connectivity index (χ0v) is 16.2. The number of rotatable bonds is 7. The molecule has 2 aromatic rings. The van der Waals surface area contributed by atoms with Gasteiger partial charge in [-0.05, 0) is 31.9 Å². The van der Waals surface area contributed by atoms with Gasteiger partial charge in [0, 0.05) is 18.3 Å². The van der Waals surface area contributed by atoms with Crippen molar-refractivity contribution in [3.63, 3.8) is 0 Å². The Bertz CT molecular complexity index is 882. The van der Waals surface area contributed by atoms with Crippen molar-refractivity contribution in [3.8, 4) is 0 Å². The molecule has 0 aliphatic carbocycles. The molecule has 1 aromatic carbocycles. The first kappa shape index (κ1) is 19.0. The van der Waals surface area contributed by atoms with Gasteiger partial charge < -0.3 is 5.32 Å². The fourth-order valence-corrected chi connectivity index (χ4v) is 3.45. The molecule has 0 fully saturated rings. The summed E-state index contributed by atoms with van der Waals surface area (Å²) >= 11 is 0. The van der Waals surface area contributed by atoms with Gasteiger partial charge in [0.25, 0.3) is 5.91 Å². The third-order valence-electron chi connectivity index (χ3n) is 5.00. The number of nitrogens with one attached hydrogen (secondary N) is 1. The highest BCUT2D eigenvalue weighted by Crippen LogP contribution is 2.27. The van der Waals surface area contributed by atoms with E-state index < -0.39 is 5.92 Å². The maximum Gasteiger partial charge on any atom is 0.276 e. The Kier molecular flexibility index (Phi) is 5.84. The van der Waals surface area contributed by atoms with Crippen LogP contribution in [0.2, 0.25) is 0 Å². The number of aliphatic imine (C=N–C) groups is 1. The lowest BCUT2D eigenvalue weighted by Crippen LogP contribution is -2.27. The Morgan fingerprint density at radius 3 is 2.74 bits per heavy atom. The number of carbonyl (C=O) groups excluding carboxylic acids is 2. The summed E-state index contributed by atoms with van der Waals surface area (Å²) in [5.74, 6) is -1.08. The highest BCUT2D eigenvalue weighted by molar-refractivity contribution is 6.14. The predicted molar refractivity (Wildman–Crippen MR) is 106 cm³/mol. The van der Waals surface area contributed by atoms with Crippen molar-refractivity contribution < 1.29 is 9.59 Å². The largest absolute Gasteiger partial charge is 0.322 e. The number of hydrogen-bond acceptors (Lipinski definition) is 3. The van der Waals surface area contributed by atoms with Crippen molar-refractivity contribution in [1.29, 1.82) is 0 Å². The fraction of sp³-hybridized carbons (Fsp3) is 0.429. The second-order valence-corrected chi connectivity index (χ2v) is 6.97. The molecule has 1 unspecified atom stereocenters. The van der Waals surface area contributed by atoms with Gasteiger partial charge in [0.1, 0.15) is 0 Å². The summed E-state index contributed by atoms with van der Waals surface area (Å²) in [7, 11) is 0. The van der Waals surface area contributed by atoms with Crippen LogP contribution < -0.4 is 5.32 Å². The third kappa shape index (κ3) is 3.99. The van der Waals surface area contributed by atoms with Crippen molar-refractivity contribution in [2.45, 2.75) is 58.9 Å². The number of unbranched alkanes of at least 4 members (excludes halogenated alkanes) is 3. The smallest absolute Gasteiger partial charge is 0.276 e. The van der Waals surface area contributed by atoms with E-state index in [-0.39, 0.29) is 11.8 Å². The molecular formula is C21H26N4O2. The third-order valence-corrected chi connectivity index (χ3v) is 5.00. The molecule has 0 bridgehead atoms. The number of anilines is 1. The van der Waals surface area contributed by atoms with Crippen LogP contribution in [0.3, 0.4) is 0 Å². The molecule has 0 radical (unpaired) electrons. The fourth-order valence-electron chi connectivity index (χ4n) is 3.45. The minimum Gasteiger partial charge on any atom is -0.322 e. The lowest BCUT2D eigenvalue weighted by molar-refractivity contribution is -0.116. The molecule has 3 rings (SSSR count). The summed E-state index contributed by atoms with van der Waals surface area (Å²) in [5.41, 5.74) is 3.68. The van der Waals surface area contributed by atoms with E-state index in [1.54, 1.807) is 18.2 Å². The second kappa shape index (κ2) is 8.29. The summed E-state index contributed by atoms with van der Waals surface area (Å²) in [5, 5.41) is 7.58. The quantitative estimate of drug-likeness (QED) is 0.752. The number of amides is 2. The van der Waals surface area contributed by atoms with E-state index in [2.05, 4.69) is 22.3 Å². The topological polar surface area (TPSA) is 76.3 Å². The Morgan fingerprint density at radius 1 is 1.19 bits per heavy atom. The van der Waals surface area contributed by atoms with E-state index in [1.165, 1.54) is 25.5 Å². The Hall–Kier alpha value is -2.76. The van der Waals surface area contributed by atoms with Crippen LogP contribution in [0.25, 0.3) is 0 Å². The average molecular weight is 366 g/mol. The van der Waals surface area contributed by atoms with Crippen LogP contribution in [0.4, 0.5) is 5.69 Å².